The molecule has 0 amide bonds. The number of aliphatic hydroxyl groups excluding tert-OH is 1. The molecule has 0 aromatic heterocycles. The normalized spacial score (nSPS) is 34.4. The highest BCUT2D eigenvalue weighted by Crippen LogP contribution is 2.32. The highest BCUT2D eigenvalue weighted by molar-refractivity contribution is 4.93. The molecule has 6 heteroatoms. The quantitative estimate of drug-likeness (QED) is 0.766. The van der Waals surface area contributed by atoms with Gasteiger partial charge in [-0.05, 0) is 12.8 Å². The Balaban J connectivity index is 1.81. The van der Waals surface area contributed by atoms with Crippen molar-refractivity contribution in [1.82, 2.24) is 5.32 Å². The molecule has 0 bridgehead atoms. The Morgan fingerprint density at radius 2 is 2.24 bits per heavy atom. The van der Waals surface area contributed by atoms with Crippen molar-refractivity contribution in [2.45, 2.75) is 36.8 Å². The summed E-state index contributed by atoms with van der Waals surface area (Å²) in [7, 11) is 0. The molecule has 17 heavy (non-hydrogen) atoms. The van der Waals surface area contributed by atoms with Crippen molar-refractivity contribution in [1.29, 1.82) is 0 Å². The van der Waals surface area contributed by atoms with E-state index >= 15 is 0 Å². The zero-order valence-electron chi connectivity index (χ0n) is 9.75. The molecule has 2 unspecified atom stereocenters. The molecule has 2 atom stereocenters. The van der Waals surface area contributed by atoms with Crippen LogP contribution in [0.3, 0.4) is 0 Å². The molecule has 2 saturated heterocycles. The lowest BCUT2D eigenvalue weighted by molar-refractivity contribution is -0.0959. The summed E-state index contributed by atoms with van der Waals surface area (Å²) in [5.41, 5.74) is -0.273. The van der Waals surface area contributed by atoms with Crippen LogP contribution in [0.1, 0.15) is 19.3 Å². The number of alkyl halides is 2. The van der Waals surface area contributed by atoms with Crippen LogP contribution in [0.25, 0.3) is 0 Å². The van der Waals surface area contributed by atoms with E-state index in [0.29, 0.717) is 26.2 Å². The highest BCUT2D eigenvalue weighted by atomic mass is 19.3. The van der Waals surface area contributed by atoms with E-state index in [1.165, 1.54) is 0 Å². The van der Waals surface area contributed by atoms with Gasteiger partial charge < -0.3 is 19.9 Å². The van der Waals surface area contributed by atoms with Crippen molar-refractivity contribution < 1.29 is 23.4 Å². The maximum Gasteiger partial charge on any atom is 0.282 e. The average Bonchev–Trinajstić information content (AvgIpc) is 2.75. The van der Waals surface area contributed by atoms with Crippen molar-refractivity contribution in [3.05, 3.63) is 0 Å². The fourth-order valence-corrected chi connectivity index (χ4v) is 2.41. The SMILES string of the molecule is OCC(F)(F)CNC1CCOC2(CCOC2)C1. The second-order valence-electron chi connectivity index (χ2n) is 4.92. The summed E-state index contributed by atoms with van der Waals surface area (Å²) in [6.07, 6.45) is 2.26. The largest absolute Gasteiger partial charge is 0.390 e. The molecule has 0 saturated carbocycles. The molecule has 2 N–H and O–H groups in total. The summed E-state index contributed by atoms with van der Waals surface area (Å²) in [6.45, 7) is 0.218. The predicted octanol–water partition coefficient (Wildman–Crippen LogP) is 0.542. The fraction of sp³-hybridized carbons (Fsp3) is 1.00. The minimum absolute atomic E-state index is 0.0166. The smallest absolute Gasteiger partial charge is 0.282 e. The molecular formula is C11H19F2NO3. The molecule has 100 valence electrons. The maximum absolute atomic E-state index is 12.9. The van der Waals surface area contributed by atoms with Crippen LogP contribution in [0.5, 0.6) is 0 Å². The van der Waals surface area contributed by atoms with Crippen molar-refractivity contribution in [3.8, 4) is 0 Å². The first-order valence-electron chi connectivity index (χ1n) is 5.99. The van der Waals surface area contributed by atoms with E-state index < -0.39 is 19.1 Å². The number of ether oxygens (including phenoxy) is 2. The van der Waals surface area contributed by atoms with Crippen molar-refractivity contribution in [2.75, 3.05) is 33.0 Å². The van der Waals surface area contributed by atoms with E-state index in [-0.39, 0.29) is 11.6 Å². The van der Waals surface area contributed by atoms with Gasteiger partial charge >= 0.3 is 0 Å². The molecule has 2 heterocycles. The van der Waals surface area contributed by atoms with Gasteiger partial charge in [-0.25, -0.2) is 8.78 Å². The molecule has 2 aliphatic heterocycles. The predicted molar refractivity (Wildman–Crippen MR) is 57.2 cm³/mol. The molecule has 2 aliphatic rings. The second-order valence-corrected chi connectivity index (χ2v) is 4.92. The summed E-state index contributed by atoms with van der Waals surface area (Å²) in [6, 6.07) is 0.0166. The Kier molecular flexibility index (Phi) is 3.97. The van der Waals surface area contributed by atoms with Gasteiger partial charge in [0, 0.05) is 25.7 Å². The molecular weight excluding hydrogens is 232 g/mol. The van der Waals surface area contributed by atoms with Gasteiger partial charge in [-0.15, -0.1) is 0 Å². The summed E-state index contributed by atoms with van der Waals surface area (Å²) in [5.74, 6) is -3.04. The van der Waals surface area contributed by atoms with Crippen LogP contribution < -0.4 is 5.32 Å². The Hall–Kier alpha value is -0.300. The van der Waals surface area contributed by atoms with E-state index in [1.54, 1.807) is 0 Å². The van der Waals surface area contributed by atoms with Crippen molar-refractivity contribution in [3.63, 3.8) is 0 Å². The lowest BCUT2D eigenvalue weighted by Crippen LogP contribution is -2.50. The third kappa shape index (κ3) is 3.34. The minimum atomic E-state index is -3.04. The van der Waals surface area contributed by atoms with Crippen molar-refractivity contribution >= 4 is 0 Å². The van der Waals surface area contributed by atoms with Crippen LogP contribution in [-0.4, -0.2) is 55.6 Å². The Labute approximate surface area is 99.3 Å². The van der Waals surface area contributed by atoms with Crippen LogP contribution >= 0.6 is 0 Å². The third-order valence-corrected chi connectivity index (χ3v) is 3.44. The third-order valence-electron chi connectivity index (χ3n) is 3.44. The van der Waals surface area contributed by atoms with Gasteiger partial charge in [0.15, 0.2) is 0 Å². The number of hydrogen-bond acceptors (Lipinski definition) is 4. The van der Waals surface area contributed by atoms with Gasteiger partial charge in [0.05, 0.1) is 18.8 Å². The highest BCUT2D eigenvalue weighted by Gasteiger charge is 2.41. The molecule has 0 aromatic carbocycles. The lowest BCUT2D eigenvalue weighted by Gasteiger charge is -2.37. The lowest BCUT2D eigenvalue weighted by atomic mass is 9.89. The maximum atomic E-state index is 12.9. The van der Waals surface area contributed by atoms with Gasteiger partial charge in [-0.2, -0.15) is 0 Å². The zero-order chi connectivity index (χ0) is 12.4. The van der Waals surface area contributed by atoms with Gasteiger partial charge in [-0.3, -0.25) is 0 Å². The molecule has 2 fully saturated rings. The van der Waals surface area contributed by atoms with Gasteiger partial charge in [0.1, 0.15) is 6.61 Å². The molecule has 0 aliphatic carbocycles. The van der Waals surface area contributed by atoms with Gasteiger partial charge in [0.25, 0.3) is 5.92 Å². The van der Waals surface area contributed by atoms with E-state index in [4.69, 9.17) is 14.6 Å². The Morgan fingerprint density at radius 1 is 1.41 bits per heavy atom. The first kappa shape index (κ1) is 13.1. The molecule has 2 rings (SSSR count). The monoisotopic (exact) mass is 251 g/mol. The molecule has 0 radical (unpaired) electrons. The molecule has 4 nitrogen and oxygen atoms in total. The first-order chi connectivity index (χ1) is 8.05. The standard InChI is InChI=1S/C11H19F2NO3/c12-11(13,7-15)6-14-9-1-3-17-10(5-9)2-4-16-8-10/h9,14-15H,1-8H2. The van der Waals surface area contributed by atoms with E-state index in [9.17, 15) is 8.78 Å². The van der Waals surface area contributed by atoms with Gasteiger partial charge in [-0.1, -0.05) is 0 Å². The van der Waals surface area contributed by atoms with E-state index in [1.807, 2.05) is 0 Å². The Morgan fingerprint density at radius 3 is 2.88 bits per heavy atom. The number of nitrogens with one attached hydrogen (secondary N) is 1. The van der Waals surface area contributed by atoms with Crippen LogP contribution in [-0.2, 0) is 9.47 Å². The van der Waals surface area contributed by atoms with E-state index in [0.717, 1.165) is 12.8 Å². The first-order valence-corrected chi connectivity index (χ1v) is 5.99. The summed E-state index contributed by atoms with van der Waals surface area (Å²) < 4.78 is 36.8. The summed E-state index contributed by atoms with van der Waals surface area (Å²) in [5, 5.41) is 11.3. The minimum Gasteiger partial charge on any atom is -0.390 e. The van der Waals surface area contributed by atoms with Crippen LogP contribution in [0.4, 0.5) is 8.78 Å². The number of halogens is 2. The summed E-state index contributed by atoms with van der Waals surface area (Å²) >= 11 is 0. The van der Waals surface area contributed by atoms with Gasteiger partial charge in [0.2, 0.25) is 0 Å². The number of hydrogen-bond donors (Lipinski definition) is 2. The van der Waals surface area contributed by atoms with Crippen LogP contribution in [0, 0.1) is 0 Å². The molecule has 0 aromatic rings. The number of rotatable bonds is 4. The van der Waals surface area contributed by atoms with E-state index in [2.05, 4.69) is 5.32 Å². The molecule has 1 spiro atoms. The van der Waals surface area contributed by atoms with Crippen LogP contribution in [0.2, 0.25) is 0 Å². The van der Waals surface area contributed by atoms with Crippen molar-refractivity contribution in [2.24, 2.45) is 0 Å². The van der Waals surface area contributed by atoms with Crippen LogP contribution in [0.15, 0.2) is 0 Å². The topological polar surface area (TPSA) is 50.7 Å². The zero-order valence-corrected chi connectivity index (χ0v) is 9.75. The Bertz CT molecular complexity index is 257. The number of aliphatic hydroxyl groups is 1. The summed E-state index contributed by atoms with van der Waals surface area (Å²) in [4.78, 5) is 0. The average molecular weight is 251 g/mol. The second kappa shape index (κ2) is 5.14. The fourth-order valence-electron chi connectivity index (χ4n) is 2.41.